The van der Waals surface area contributed by atoms with Gasteiger partial charge in [-0.3, -0.25) is 4.98 Å². The SMILES string of the molecule is Cc1ccc(N(C)c2ccc3c(c2)CO[C@H]3CNc2cnccc2C(=O)O)cc1. The lowest BCUT2D eigenvalue weighted by Crippen LogP contribution is -2.14. The molecule has 0 radical (unpaired) electrons. The Balaban J connectivity index is 1.49. The highest BCUT2D eigenvalue weighted by molar-refractivity contribution is 5.93. The zero-order valence-electron chi connectivity index (χ0n) is 16.4. The third-order valence-corrected chi connectivity index (χ3v) is 5.25. The summed E-state index contributed by atoms with van der Waals surface area (Å²) in [7, 11) is 2.05. The maximum atomic E-state index is 11.3. The molecular weight excluding hydrogens is 366 g/mol. The van der Waals surface area contributed by atoms with E-state index in [2.05, 4.69) is 71.6 Å². The van der Waals surface area contributed by atoms with Crippen LogP contribution in [-0.2, 0) is 11.3 Å². The molecule has 29 heavy (non-hydrogen) atoms. The van der Waals surface area contributed by atoms with Gasteiger partial charge < -0.3 is 20.1 Å². The minimum absolute atomic E-state index is 0.134. The largest absolute Gasteiger partial charge is 0.478 e. The van der Waals surface area contributed by atoms with Crippen LogP contribution in [0, 0.1) is 6.92 Å². The number of nitrogens with zero attached hydrogens (tertiary/aromatic N) is 2. The van der Waals surface area contributed by atoms with Crippen molar-refractivity contribution < 1.29 is 14.6 Å². The van der Waals surface area contributed by atoms with Crippen LogP contribution in [0.1, 0.15) is 33.2 Å². The van der Waals surface area contributed by atoms with Crippen LogP contribution >= 0.6 is 0 Å². The minimum Gasteiger partial charge on any atom is -0.478 e. The summed E-state index contributed by atoms with van der Waals surface area (Å²) < 4.78 is 5.95. The number of pyridine rings is 1. The second-order valence-electron chi connectivity index (χ2n) is 7.18. The molecule has 0 saturated carbocycles. The smallest absolute Gasteiger partial charge is 0.337 e. The molecule has 0 spiro atoms. The first-order valence-corrected chi connectivity index (χ1v) is 9.49. The van der Waals surface area contributed by atoms with Gasteiger partial charge in [0.05, 0.1) is 24.1 Å². The van der Waals surface area contributed by atoms with E-state index in [9.17, 15) is 9.90 Å². The van der Waals surface area contributed by atoms with Crippen molar-refractivity contribution in [3.63, 3.8) is 0 Å². The van der Waals surface area contributed by atoms with Crippen LogP contribution in [0.2, 0.25) is 0 Å². The highest BCUT2D eigenvalue weighted by Gasteiger charge is 2.24. The average molecular weight is 389 g/mol. The first-order chi connectivity index (χ1) is 14.0. The Labute approximate surface area is 169 Å². The molecule has 2 aromatic carbocycles. The highest BCUT2D eigenvalue weighted by atomic mass is 16.5. The second kappa shape index (κ2) is 7.93. The number of nitrogens with one attached hydrogen (secondary N) is 1. The van der Waals surface area contributed by atoms with E-state index in [-0.39, 0.29) is 11.7 Å². The maximum absolute atomic E-state index is 11.3. The lowest BCUT2D eigenvalue weighted by Gasteiger charge is -2.21. The number of ether oxygens (including phenoxy) is 1. The third kappa shape index (κ3) is 3.93. The second-order valence-corrected chi connectivity index (χ2v) is 7.18. The molecule has 1 aliphatic rings. The van der Waals surface area contributed by atoms with Crippen molar-refractivity contribution in [3.8, 4) is 0 Å². The van der Waals surface area contributed by atoms with E-state index < -0.39 is 5.97 Å². The van der Waals surface area contributed by atoms with Gasteiger partial charge in [-0.15, -0.1) is 0 Å². The highest BCUT2D eigenvalue weighted by Crippen LogP contribution is 2.35. The predicted octanol–water partition coefficient (Wildman–Crippen LogP) is 4.54. The molecule has 0 aliphatic carbocycles. The monoisotopic (exact) mass is 389 g/mol. The molecule has 1 atom stereocenters. The molecule has 4 rings (SSSR count). The number of aromatic carboxylic acids is 1. The Kier molecular flexibility index (Phi) is 5.18. The molecule has 2 heterocycles. The first kappa shape index (κ1) is 19.0. The molecule has 1 aliphatic heterocycles. The van der Waals surface area contributed by atoms with Gasteiger partial charge in [0.15, 0.2) is 0 Å². The number of benzene rings is 2. The number of aromatic nitrogens is 1. The summed E-state index contributed by atoms with van der Waals surface area (Å²) in [6, 6.07) is 16.3. The standard InChI is InChI=1S/C23H23N3O3/c1-15-3-5-17(6-4-15)26(2)18-7-8-19-16(11-18)14-29-22(19)13-25-21-12-24-10-9-20(21)23(27)28/h3-12,22,25H,13-14H2,1-2H3,(H,27,28)/t22-/m0/s1. The molecular formula is C23H23N3O3. The molecule has 0 saturated heterocycles. The van der Waals surface area contributed by atoms with Crippen molar-refractivity contribution in [2.75, 3.05) is 23.8 Å². The van der Waals surface area contributed by atoms with Crippen LogP contribution in [0.5, 0.6) is 0 Å². The minimum atomic E-state index is -0.980. The van der Waals surface area contributed by atoms with Crippen molar-refractivity contribution in [3.05, 3.63) is 83.2 Å². The zero-order chi connectivity index (χ0) is 20.4. The van der Waals surface area contributed by atoms with Crippen molar-refractivity contribution in [1.29, 1.82) is 0 Å². The van der Waals surface area contributed by atoms with E-state index in [1.165, 1.54) is 24.0 Å². The van der Waals surface area contributed by atoms with Gasteiger partial charge >= 0.3 is 5.97 Å². The fourth-order valence-electron chi connectivity index (χ4n) is 3.53. The molecule has 0 bridgehead atoms. The van der Waals surface area contributed by atoms with Gasteiger partial charge in [0.2, 0.25) is 0 Å². The molecule has 0 amide bonds. The van der Waals surface area contributed by atoms with Crippen molar-refractivity contribution >= 4 is 23.0 Å². The van der Waals surface area contributed by atoms with Crippen molar-refractivity contribution in [2.24, 2.45) is 0 Å². The van der Waals surface area contributed by atoms with E-state index in [1.54, 1.807) is 0 Å². The number of carbonyl (C=O) groups is 1. The van der Waals surface area contributed by atoms with E-state index in [0.717, 1.165) is 22.5 Å². The summed E-state index contributed by atoms with van der Waals surface area (Å²) in [5.74, 6) is -0.980. The number of hydrogen-bond acceptors (Lipinski definition) is 5. The Hall–Kier alpha value is -3.38. The molecule has 148 valence electrons. The van der Waals surface area contributed by atoms with Gasteiger partial charge in [0.25, 0.3) is 0 Å². The van der Waals surface area contributed by atoms with Crippen LogP contribution in [0.4, 0.5) is 17.1 Å². The van der Waals surface area contributed by atoms with Crippen molar-refractivity contribution in [1.82, 2.24) is 4.98 Å². The van der Waals surface area contributed by atoms with Gasteiger partial charge in [0.1, 0.15) is 6.10 Å². The predicted molar refractivity (Wildman–Crippen MR) is 113 cm³/mol. The fourth-order valence-corrected chi connectivity index (χ4v) is 3.53. The van der Waals surface area contributed by atoms with E-state index in [4.69, 9.17) is 4.74 Å². The molecule has 0 unspecified atom stereocenters. The number of fused-ring (bicyclic) bond motifs is 1. The van der Waals surface area contributed by atoms with Crippen LogP contribution < -0.4 is 10.2 Å². The Morgan fingerprint density at radius 1 is 1.21 bits per heavy atom. The van der Waals surface area contributed by atoms with Gasteiger partial charge in [-0.2, -0.15) is 0 Å². The third-order valence-electron chi connectivity index (χ3n) is 5.25. The number of rotatable bonds is 6. The quantitative estimate of drug-likeness (QED) is 0.645. The Morgan fingerprint density at radius 3 is 2.72 bits per heavy atom. The first-order valence-electron chi connectivity index (χ1n) is 9.49. The Bertz CT molecular complexity index is 1030. The molecule has 0 fully saturated rings. The molecule has 3 aromatic rings. The topological polar surface area (TPSA) is 74.7 Å². The van der Waals surface area contributed by atoms with E-state index in [1.807, 2.05) is 0 Å². The zero-order valence-corrected chi connectivity index (χ0v) is 16.4. The molecule has 6 nitrogen and oxygen atoms in total. The number of aryl methyl sites for hydroxylation is 1. The van der Waals surface area contributed by atoms with Gasteiger partial charge in [-0.05, 0) is 48.4 Å². The molecule has 2 N–H and O–H groups in total. The van der Waals surface area contributed by atoms with E-state index >= 15 is 0 Å². The van der Waals surface area contributed by atoms with E-state index in [0.29, 0.717) is 18.8 Å². The average Bonchev–Trinajstić information content (AvgIpc) is 3.14. The summed E-state index contributed by atoms with van der Waals surface area (Å²) in [5.41, 5.74) is 6.44. The summed E-state index contributed by atoms with van der Waals surface area (Å²) in [5, 5.41) is 12.5. The van der Waals surface area contributed by atoms with Gasteiger partial charge in [-0.1, -0.05) is 23.8 Å². The van der Waals surface area contributed by atoms with Crippen LogP contribution in [0.25, 0.3) is 0 Å². The van der Waals surface area contributed by atoms with Crippen LogP contribution in [0.15, 0.2) is 60.9 Å². The Morgan fingerprint density at radius 2 is 1.97 bits per heavy atom. The lowest BCUT2D eigenvalue weighted by molar-refractivity contribution is 0.0695. The summed E-state index contributed by atoms with van der Waals surface area (Å²) in [6.45, 7) is 3.10. The van der Waals surface area contributed by atoms with Crippen molar-refractivity contribution in [2.45, 2.75) is 19.6 Å². The summed E-state index contributed by atoms with van der Waals surface area (Å²) >= 11 is 0. The van der Waals surface area contributed by atoms with Gasteiger partial charge in [-0.25, -0.2) is 4.79 Å². The normalized spacial score (nSPS) is 15.0. The van der Waals surface area contributed by atoms with Crippen LogP contribution in [-0.4, -0.2) is 29.7 Å². The summed E-state index contributed by atoms with van der Waals surface area (Å²) in [4.78, 5) is 17.5. The lowest BCUT2D eigenvalue weighted by atomic mass is 10.0. The number of anilines is 3. The maximum Gasteiger partial charge on any atom is 0.337 e. The number of carboxylic acids is 1. The summed E-state index contributed by atoms with van der Waals surface area (Å²) in [6.07, 6.45) is 2.87. The molecule has 1 aromatic heterocycles. The number of hydrogen-bond donors (Lipinski definition) is 2. The number of carboxylic acid groups (broad SMARTS) is 1. The van der Waals surface area contributed by atoms with Crippen LogP contribution in [0.3, 0.4) is 0 Å². The van der Waals surface area contributed by atoms with Gasteiger partial charge in [0, 0.05) is 31.2 Å². The fraction of sp³-hybridized carbons (Fsp3) is 0.217. The molecule has 6 heteroatoms.